The first-order valence-electron chi connectivity index (χ1n) is 18.8. The third-order valence-corrected chi connectivity index (χ3v) is 14.5. The van der Waals surface area contributed by atoms with E-state index in [4.69, 9.17) is 0 Å². The average molecular weight is 763 g/mol. The molecule has 3 aliphatic carbocycles. The van der Waals surface area contributed by atoms with Gasteiger partial charge >= 0.3 is 6.03 Å². The zero-order valence-electron chi connectivity index (χ0n) is 31.7. The van der Waals surface area contributed by atoms with Crippen molar-refractivity contribution in [3.63, 3.8) is 0 Å². The van der Waals surface area contributed by atoms with Crippen molar-refractivity contribution >= 4 is 50.9 Å². The molecule has 4 fully saturated rings. The van der Waals surface area contributed by atoms with Gasteiger partial charge in [-0.1, -0.05) is 73.3 Å². The van der Waals surface area contributed by atoms with E-state index < -0.39 is 74.6 Å². The molecule has 2 heterocycles. The Morgan fingerprint density at radius 1 is 0.923 bits per heavy atom. The van der Waals surface area contributed by atoms with Crippen molar-refractivity contribution in [1.82, 2.24) is 30.5 Å². The van der Waals surface area contributed by atoms with E-state index in [1.54, 1.807) is 22.4 Å². The van der Waals surface area contributed by atoms with Crippen molar-refractivity contribution in [2.45, 2.75) is 134 Å². The van der Waals surface area contributed by atoms with E-state index >= 15 is 0 Å². The number of carbonyl (C=O) groups is 5. The van der Waals surface area contributed by atoms with Crippen LogP contribution in [0, 0.1) is 28.6 Å². The predicted octanol–water partition coefficient (Wildman–Crippen LogP) is 3.65. The first kappa shape index (κ1) is 40.2. The van der Waals surface area contributed by atoms with Gasteiger partial charge in [0.25, 0.3) is 15.9 Å². The predicted molar refractivity (Wildman–Crippen MR) is 199 cm³/mol. The maximum absolute atomic E-state index is 14.6. The molecular formula is C37H58N6O7S2. The molecule has 6 atom stereocenters. The summed E-state index contributed by atoms with van der Waals surface area (Å²) in [6, 6.07) is -0.837. The minimum absolute atomic E-state index is 0.00242. The van der Waals surface area contributed by atoms with Gasteiger partial charge < -0.3 is 26.2 Å². The summed E-state index contributed by atoms with van der Waals surface area (Å²) in [5.41, 5.74) is -1.30. The van der Waals surface area contributed by atoms with Gasteiger partial charge in [-0.15, -0.1) is 11.3 Å². The first-order chi connectivity index (χ1) is 24.3. The van der Waals surface area contributed by atoms with E-state index in [0.717, 1.165) is 62.7 Å². The zero-order chi connectivity index (χ0) is 38.2. The van der Waals surface area contributed by atoms with Crippen molar-refractivity contribution < 1.29 is 32.4 Å². The lowest BCUT2D eigenvalue weighted by Gasteiger charge is -2.38. The molecule has 0 aromatic carbocycles. The van der Waals surface area contributed by atoms with Crippen molar-refractivity contribution in [3.05, 3.63) is 17.5 Å². The normalized spacial score (nSPS) is 24.0. The van der Waals surface area contributed by atoms with Gasteiger partial charge in [-0.2, -0.15) is 4.31 Å². The number of Topliss-reactive ketones (excluding diaryl/α,β-unsaturated/α-hetero) is 1. The highest BCUT2D eigenvalue weighted by atomic mass is 32.2. The van der Waals surface area contributed by atoms with E-state index in [0.29, 0.717) is 13.0 Å². The minimum Gasteiger partial charge on any atom is -0.347 e. The van der Waals surface area contributed by atoms with E-state index in [1.165, 1.54) is 11.4 Å². The molecule has 1 aromatic heterocycles. The highest BCUT2D eigenvalue weighted by molar-refractivity contribution is 7.91. The van der Waals surface area contributed by atoms with Crippen LogP contribution in [0.15, 0.2) is 21.7 Å². The highest BCUT2D eigenvalue weighted by Crippen LogP contribution is 2.43. The molecule has 4 N–H and O–H groups in total. The van der Waals surface area contributed by atoms with Gasteiger partial charge in [0.2, 0.25) is 17.6 Å². The van der Waals surface area contributed by atoms with Crippen LogP contribution in [0.25, 0.3) is 0 Å². The number of hydrogen-bond donors (Lipinski definition) is 4. The third-order valence-electron chi connectivity index (χ3n) is 11.3. The molecule has 1 unspecified atom stereocenters. The van der Waals surface area contributed by atoms with Gasteiger partial charge in [0.1, 0.15) is 16.3 Å². The van der Waals surface area contributed by atoms with Crippen molar-refractivity contribution in [2.75, 3.05) is 20.1 Å². The van der Waals surface area contributed by atoms with E-state index in [9.17, 15) is 32.4 Å². The molecule has 0 radical (unpaired) electrons. The molecule has 5 rings (SSSR count). The fourth-order valence-electron chi connectivity index (χ4n) is 7.66. The standard InChI is InChI=1S/C37H58N6O7S2/c1-36(2,3)27(21-42(7)52(49,50)28-15-10-18-51-28)40-35(48)41-31(37(4,5)6)34(47)43-20-23-13-9-14-25(23)29(43)32(45)39-26(19-22-11-8-12-22)30(44)33(46)38-24-16-17-24/h10,15,18,22-27,29,31H,8-9,11-14,16-17,19-21H2,1-7H3,(H,38,46)(H,39,45)(H2,40,41,48)/t23-,25-,26?,27+,29-,31+/m0/s1. The smallest absolute Gasteiger partial charge is 0.315 e. The topological polar surface area (TPSA) is 174 Å². The van der Waals surface area contributed by atoms with Crippen LogP contribution in [0.1, 0.15) is 99.3 Å². The van der Waals surface area contributed by atoms with E-state index in [1.807, 2.05) is 41.5 Å². The van der Waals surface area contributed by atoms with Gasteiger partial charge in [-0.05, 0) is 72.1 Å². The monoisotopic (exact) mass is 762 g/mol. The van der Waals surface area contributed by atoms with Crippen LogP contribution in [0.3, 0.4) is 0 Å². The number of sulfonamides is 1. The van der Waals surface area contributed by atoms with E-state index in [-0.39, 0.29) is 34.5 Å². The zero-order valence-corrected chi connectivity index (χ0v) is 33.3. The summed E-state index contributed by atoms with van der Waals surface area (Å²) >= 11 is 1.12. The number of nitrogens with one attached hydrogen (secondary N) is 4. The van der Waals surface area contributed by atoms with Gasteiger partial charge in [-0.25, -0.2) is 13.2 Å². The number of hydrogen-bond acceptors (Lipinski definition) is 8. The molecule has 52 heavy (non-hydrogen) atoms. The maximum atomic E-state index is 14.6. The molecule has 1 saturated heterocycles. The Hall–Kier alpha value is -3.04. The summed E-state index contributed by atoms with van der Waals surface area (Å²) in [6.07, 6.45) is 7.58. The second kappa shape index (κ2) is 15.7. The molecule has 1 aliphatic heterocycles. The molecule has 5 amide bonds. The molecule has 15 heteroatoms. The van der Waals surface area contributed by atoms with Gasteiger partial charge in [0.15, 0.2) is 0 Å². The number of thiophene rings is 1. The Kier molecular flexibility index (Phi) is 12.2. The molecule has 0 bridgehead atoms. The lowest BCUT2D eigenvalue weighted by Crippen LogP contribution is -2.62. The molecule has 13 nitrogen and oxygen atoms in total. The Bertz CT molecular complexity index is 1590. The molecule has 0 spiro atoms. The summed E-state index contributed by atoms with van der Waals surface area (Å²) < 4.78 is 27.8. The van der Waals surface area contributed by atoms with Gasteiger partial charge in [-0.3, -0.25) is 19.2 Å². The number of ketones is 1. The number of urea groups is 1. The molecular weight excluding hydrogens is 705 g/mol. The molecule has 290 valence electrons. The lowest BCUT2D eigenvalue weighted by molar-refractivity contribution is -0.144. The van der Waals surface area contributed by atoms with Crippen LogP contribution in [0.4, 0.5) is 4.79 Å². The SMILES string of the molecule is CN(C[C@@H](NC(=O)N[C@H](C(=O)N1C[C@@H]2CCC[C@@H]2[C@H]1C(=O)NC(CC1CCC1)C(=O)C(=O)NC1CC1)C(C)(C)C)C(C)(C)C)S(=O)(=O)c1cccs1. The molecule has 3 saturated carbocycles. The van der Waals surface area contributed by atoms with E-state index in [2.05, 4.69) is 21.3 Å². The lowest BCUT2D eigenvalue weighted by atomic mass is 9.80. The number of nitrogens with zero attached hydrogens (tertiary/aromatic N) is 2. The van der Waals surface area contributed by atoms with Crippen LogP contribution in [-0.4, -0.2) is 97.5 Å². The summed E-state index contributed by atoms with van der Waals surface area (Å²) in [7, 11) is -2.29. The Morgan fingerprint density at radius 2 is 1.60 bits per heavy atom. The minimum atomic E-state index is -3.77. The summed E-state index contributed by atoms with van der Waals surface area (Å²) in [5.74, 6) is -1.86. The second-order valence-corrected chi connectivity index (χ2v) is 20.8. The average Bonchev–Trinajstić information content (AvgIpc) is 3.39. The molecule has 1 aromatic rings. The number of rotatable bonds is 14. The van der Waals surface area contributed by atoms with Crippen molar-refractivity contribution in [2.24, 2.45) is 28.6 Å². The van der Waals surface area contributed by atoms with Gasteiger partial charge in [0.05, 0.1) is 6.04 Å². The van der Waals surface area contributed by atoms with Crippen LogP contribution < -0.4 is 21.3 Å². The number of likely N-dealkylation sites (tertiary alicyclic amines) is 1. The third kappa shape index (κ3) is 9.36. The van der Waals surface area contributed by atoms with Crippen LogP contribution in [0.2, 0.25) is 0 Å². The fourth-order valence-corrected chi connectivity index (χ4v) is 10.0. The summed E-state index contributed by atoms with van der Waals surface area (Å²) in [6.45, 7) is 11.6. The fraction of sp³-hybridized carbons (Fsp3) is 0.757. The van der Waals surface area contributed by atoms with Crippen LogP contribution >= 0.6 is 11.3 Å². The quantitative estimate of drug-likeness (QED) is 0.210. The summed E-state index contributed by atoms with van der Waals surface area (Å²) in [4.78, 5) is 70.3. The maximum Gasteiger partial charge on any atom is 0.315 e. The Morgan fingerprint density at radius 3 is 2.15 bits per heavy atom. The summed E-state index contributed by atoms with van der Waals surface area (Å²) in [5, 5.41) is 13.2. The second-order valence-electron chi connectivity index (χ2n) is 17.5. The van der Waals surface area contributed by atoms with Crippen LogP contribution in [0.5, 0.6) is 0 Å². The van der Waals surface area contributed by atoms with Crippen LogP contribution in [-0.2, 0) is 29.2 Å². The Balaban J connectivity index is 1.32. The Labute approximate surface area is 312 Å². The number of amides is 5. The van der Waals surface area contributed by atoms with Gasteiger partial charge in [0, 0.05) is 32.2 Å². The van der Waals surface area contributed by atoms with Crippen molar-refractivity contribution in [3.8, 4) is 0 Å². The number of carbonyl (C=O) groups excluding carboxylic acids is 5. The number of fused-ring (bicyclic) bond motifs is 1. The largest absolute Gasteiger partial charge is 0.347 e. The number of likely N-dealkylation sites (N-methyl/N-ethyl adjacent to an activating group) is 1. The molecule has 4 aliphatic rings. The first-order valence-corrected chi connectivity index (χ1v) is 21.1. The highest BCUT2D eigenvalue weighted by Gasteiger charge is 2.52. The van der Waals surface area contributed by atoms with Crippen molar-refractivity contribution in [1.29, 1.82) is 0 Å².